The van der Waals surface area contributed by atoms with Gasteiger partial charge >= 0.3 is 43.6 Å². The van der Waals surface area contributed by atoms with E-state index in [9.17, 15) is 0 Å². The Balaban J connectivity index is -0.0000000257. The van der Waals surface area contributed by atoms with E-state index in [4.69, 9.17) is 55.9 Å². The zero-order valence-electron chi connectivity index (χ0n) is 7.49. The summed E-state index contributed by atoms with van der Waals surface area (Å²) in [6.45, 7) is 0. The molecule has 0 aromatic rings. The van der Waals surface area contributed by atoms with Crippen molar-refractivity contribution in [2.75, 3.05) is 0 Å². The molecule has 0 aromatic carbocycles. The molecule has 104 valence electrons. The summed E-state index contributed by atoms with van der Waals surface area (Å²) in [5.41, 5.74) is 0. The van der Waals surface area contributed by atoms with Gasteiger partial charge in [0.15, 0.2) is 0 Å². The first kappa shape index (κ1) is 36.9. The maximum absolute atomic E-state index is 8.41. The van der Waals surface area contributed by atoms with Crippen LogP contribution in [0.3, 0.4) is 0 Å². The van der Waals surface area contributed by atoms with E-state index in [0.29, 0.717) is 0 Å². The molecule has 0 amide bonds. The Bertz CT molecular complexity index is 67.1. The van der Waals surface area contributed by atoms with Crippen molar-refractivity contribution in [1.82, 2.24) is 0 Å². The van der Waals surface area contributed by atoms with Crippen LogP contribution in [-0.4, -0.2) is 17.4 Å². The SMILES string of the molecule is [Al+3].[O-][Cl+2]([O-])[O-].[O-][Cl+2]([O-])[O-].[O-][Cl+2]([O-])[O-].[O-][Cl+2]([O-])[O-].[Zr+4]. The van der Waals surface area contributed by atoms with Gasteiger partial charge in [0.1, 0.15) is 0 Å². The van der Waals surface area contributed by atoms with E-state index >= 15 is 0 Å². The minimum Gasteiger partial charge on any atom is -0.357 e. The summed E-state index contributed by atoms with van der Waals surface area (Å²) in [6.07, 6.45) is 0. The van der Waals surface area contributed by atoms with E-state index in [-0.39, 0.29) is 43.6 Å². The van der Waals surface area contributed by atoms with E-state index in [1.54, 1.807) is 0 Å². The summed E-state index contributed by atoms with van der Waals surface area (Å²) < 4.78 is 101. The molecule has 18 heavy (non-hydrogen) atoms. The zero-order valence-corrected chi connectivity index (χ0v) is 14.1. The first-order valence-electron chi connectivity index (χ1n) is 1.85. The van der Waals surface area contributed by atoms with Crippen LogP contribution in [-0.2, 0) is 26.2 Å². The minimum absolute atomic E-state index is 0. The molecule has 12 nitrogen and oxygen atoms in total. The quantitative estimate of drug-likeness (QED) is 0.310. The van der Waals surface area contributed by atoms with Crippen molar-refractivity contribution in [3.8, 4) is 0 Å². The van der Waals surface area contributed by atoms with Crippen LogP contribution in [0.15, 0.2) is 0 Å². The van der Waals surface area contributed by atoms with Gasteiger partial charge < -0.3 is 55.9 Å². The minimum atomic E-state index is -2.85. The van der Waals surface area contributed by atoms with Crippen molar-refractivity contribution in [2.45, 2.75) is 0 Å². The molecule has 0 rings (SSSR count). The molecule has 0 saturated carbocycles. The van der Waals surface area contributed by atoms with Crippen molar-refractivity contribution in [3.05, 3.63) is 0 Å². The number of rotatable bonds is 0. The number of halogens is 4. The Hall–Kier alpha value is 2.10. The molecule has 0 aliphatic carbocycles. The van der Waals surface area contributed by atoms with Gasteiger partial charge in [-0.25, -0.2) is 0 Å². The fraction of sp³-hybridized carbons (Fsp3) is 0. The Morgan fingerprint density at radius 1 is 0.333 bits per heavy atom. The first-order chi connectivity index (χ1) is 6.93. The Morgan fingerprint density at radius 2 is 0.333 bits per heavy atom. The smallest absolute Gasteiger partial charge is 0.357 e. The second kappa shape index (κ2) is 31.5. The molecule has 0 fully saturated rings. The monoisotopic (exact) mass is 449 g/mol. The third kappa shape index (κ3) is 1200. The molecule has 18 heteroatoms. The third-order valence-electron chi connectivity index (χ3n) is 0. The molecule has 0 aliphatic rings. The van der Waals surface area contributed by atoms with E-state index in [1.165, 1.54) is 0 Å². The molecule has 0 radical (unpaired) electrons. The summed E-state index contributed by atoms with van der Waals surface area (Å²) in [4.78, 5) is 0. The van der Waals surface area contributed by atoms with Crippen molar-refractivity contribution in [2.24, 2.45) is 0 Å². The van der Waals surface area contributed by atoms with E-state index in [0.717, 1.165) is 0 Å². The molecule has 0 N–H and O–H groups in total. The van der Waals surface area contributed by atoms with Crippen LogP contribution < -0.4 is 55.9 Å². The predicted octanol–water partition coefficient (Wildman–Crippen LogP) is -14.7. The van der Waals surface area contributed by atoms with Crippen LogP contribution in [0, 0.1) is 43.1 Å². The second-order valence-electron chi connectivity index (χ2n) is 0.756. The van der Waals surface area contributed by atoms with Crippen LogP contribution >= 0.6 is 0 Å². The standard InChI is InChI=1S/Al.4ClO3.Zr/c;4*2-1(3)4;/q+3;4*-1;+4. The largest absolute Gasteiger partial charge is 4.00 e. The van der Waals surface area contributed by atoms with Gasteiger partial charge in [-0.05, 0) is 0 Å². The van der Waals surface area contributed by atoms with Gasteiger partial charge in [-0.2, -0.15) is 0 Å². The molecule has 0 unspecified atom stereocenters. The van der Waals surface area contributed by atoms with Crippen molar-refractivity contribution in [1.29, 1.82) is 0 Å². The van der Waals surface area contributed by atoms with E-state index in [2.05, 4.69) is 0 Å². The van der Waals surface area contributed by atoms with Crippen LogP contribution in [0.1, 0.15) is 0 Å². The van der Waals surface area contributed by atoms with Gasteiger partial charge in [-0.3, -0.25) is 0 Å². The molecular weight excluding hydrogens is 452 g/mol. The topological polar surface area (TPSA) is 277 Å². The van der Waals surface area contributed by atoms with Crippen LogP contribution in [0.25, 0.3) is 0 Å². The van der Waals surface area contributed by atoms with Crippen molar-refractivity contribution >= 4 is 17.4 Å². The van der Waals surface area contributed by atoms with Gasteiger partial charge in [0.2, 0.25) is 0 Å². The molecule has 0 heterocycles. The molecule has 0 spiro atoms. The zero-order chi connectivity index (χ0) is 14.3. The summed E-state index contributed by atoms with van der Waals surface area (Å²) >= 11 is 0. The second-order valence-corrected chi connectivity index (χ2v) is 2.27. The summed E-state index contributed by atoms with van der Waals surface area (Å²) in [7, 11) is -11.4. The maximum Gasteiger partial charge on any atom is 4.00 e. The van der Waals surface area contributed by atoms with Crippen LogP contribution in [0.5, 0.6) is 0 Å². The Kier molecular flexibility index (Phi) is 64.5. The van der Waals surface area contributed by atoms with Crippen molar-refractivity contribution in [3.63, 3.8) is 0 Å². The van der Waals surface area contributed by atoms with Gasteiger partial charge in [0.05, 0.1) is 43.1 Å². The molecule has 0 aromatic heterocycles. The van der Waals surface area contributed by atoms with Crippen LogP contribution in [0.2, 0.25) is 0 Å². The molecule has 0 atom stereocenters. The molecular formula is AlCl4O12Zr+3. The van der Waals surface area contributed by atoms with E-state index in [1.807, 2.05) is 0 Å². The van der Waals surface area contributed by atoms with Gasteiger partial charge in [0, 0.05) is 0 Å². The normalized spacial score (nSPS) is 8.00. The first-order valence-corrected chi connectivity index (χ1v) is 5.55. The van der Waals surface area contributed by atoms with Crippen LogP contribution in [0.4, 0.5) is 0 Å². The molecule has 0 aliphatic heterocycles. The fourth-order valence-electron chi connectivity index (χ4n) is 0. The summed E-state index contributed by atoms with van der Waals surface area (Å²) in [5, 5.41) is 0. The summed E-state index contributed by atoms with van der Waals surface area (Å²) in [5.74, 6) is 0. The van der Waals surface area contributed by atoms with Gasteiger partial charge in [-0.1, -0.05) is 0 Å². The molecule has 0 saturated heterocycles. The summed E-state index contributed by atoms with van der Waals surface area (Å²) in [6, 6.07) is 0. The Labute approximate surface area is 142 Å². The number of hydrogen-bond acceptors (Lipinski definition) is 12. The number of hydrogen-bond donors (Lipinski definition) is 0. The average molecular weight is 452 g/mol. The predicted molar refractivity (Wildman–Crippen MR) is 5.75 cm³/mol. The Morgan fingerprint density at radius 3 is 0.333 bits per heavy atom. The average Bonchev–Trinajstić information content (AvgIpc) is 1.76. The van der Waals surface area contributed by atoms with Crippen molar-refractivity contribution < 1.29 is 125 Å². The third-order valence-corrected chi connectivity index (χ3v) is 0. The van der Waals surface area contributed by atoms with Gasteiger partial charge in [-0.15, -0.1) is 0 Å². The van der Waals surface area contributed by atoms with Gasteiger partial charge in [0.25, 0.3) is 0 Å². The molecule has 0 bridgehead atoms. The fourth-order valence-corrected chi connectivity index (χ4v) is 0. The maximum atomic E-state index is 8.41. The van der Waals surface area contributed by atoms with E-state index < -0.39 is 43.1 Å².